The highest BCUT2D eigenvalue weighted by molar-refractivity contribution is 8.00. The van der Waals surface area contributed by atoms with E-state index in [0.29, 0.717) is 16.5 Å². The molecule has 0 heterocycles. The number of amides is 1. The van der Waals surface area contributed by atoms with E-state index in [1.54, 1.807) is 24.3 Å². The van der Waals surface area contributed by atoms with Gasteiger partial charge in [-0.3, -0.25) is 9.59 Å². The number of benzene rings is 3. The summed E-state index contributed by atoms with van der Waals surface area (Å²) >= 11 is 7.51. The molecule has 3 aromatic rings. The molecule has 6 heteroatoms. The first-order valence-corrected chi connectivity index (χ1v) is 10.4. The molecule has 0 aliphatic rings. The highest BCUT2D eigenvalue weighted by atomic mass is 35.5. The van der Waals surface area contributed by atoms with Gasteiger partial charge in [-0.25, -0.2) is 0 Å². The third-order valence-corrected chi connectivity index (χ3v) is 5.58. The van der Waals surface area contributed by atoms with Gasteiger partial charge in [-0.15, -0.1) is 11.8 Å². The predicted molar refractivity (Wildman–Crippen MR) is 119 cm³/mol. The summed E-state index contributed by atoms with van der Waals surface area (Å²) in [7, 11) is 0. The molecule has 0 saturated heterocycles. The van der Waals surface area contributed by atoms with Crippen LogP contribution in [0.25, 0.3) is 0 Å². The lowest BCUT2D eigenvalue weighted by Gasteiger charge is -2.17. The van der Waals surface area contributed by atoms with Crippen LogP contribution in [-0.4, -0.2) is 17.6 Å². The van der Waals surface area contributed by atoms with E-state index in [4.69, 9.17) is 16.3 Å². The molecule has 0 aliphatic heterocycles. The molecule has 0 aliphatic carbocycles. The van der Waals surface area contributed by atoms with Crippen molar-refractivity contribution in [3.63, 3.8) is 0 Å². The van der Waals surface area contributed by atoms with E-state index in [9.17, 15) is 9.59 Å². The highest BCUT2D eigenvalue weighted by Crippen LogP contribution is 2.36. The number of nitrogens with one attached hydrogen (secondary N) is 1. The molecule has 29 heavy (non-hydrogen) atoms. The van der Waals surface area contributed by atoms with Crippen LogP contribution in [0.1, 0.15) is 23.3 Å². The van der Waals surface area contributed by atoms with Crippen LogP contribution in [0.15, 0.2) is 78.9 Å². The van der Waals surface area contributed by atoms with Crippen molar-refractivity contribution in [3.8, 4) is 5.75 Å². The quantitative estimate of drug-likeness (QED) is 0.388. The number of ether oxygens (including phenoxy) is 1. The number of esters is 1. The molecule has 1 N–H and O–H groups in total. The minimum atomic E-state index is -0.336. The molecule has 0 aromatic heterocycles. The van der Waals surface area contributed by atoms with Crippen molar-refractivity contribution in [1.82, 2.24) is 0 Å². The largest absolute Gasteiger partial charge is 0.426 e. The number of thioether (sulfide) groups is 1. The van der Waals surface area contributed by atoms with E-state index >= 15 is 0 Å². The van der Waals surface area contributed by atoms with Crippen molar-refractivity contribution in [1.29, 1.82) is 0 Å². The average molecular weight is 426 g/mol. The first-order chi connectivity index (χ1) is 14.0. The zero-order valence-electron chi connectivity index (χ0n) is 15.8. The summed E-state index contributed by atoms with van der Waals surface area (Å²) in [5, 5.41) is 3.34. The summed E-state index contributed by atoms with van der Waals surface area (Å²) in [6.07, 6.45) is 0. The maximum Gasteiger partial charge on any atom is 0.321 e. The molecule has 0 bridgehead atoms. The fourth-order valence-corrected chi connectivity index (χ4v) is 3.96. The van der Waals surface area contributed by atoms with Crippen molar-refractivity contribution in [2.45, 2.75) is 12.2 Å². The number of rotatable bonds is 7. The lowest BCUT2D eigenvalue weighted by molar-refractivity contribution is -0.131. The van der Waals surface area contributed by atoms with Gasteiger partial charge in [0.05, 0.1) is 11.0 Å². The Hall–Kier alpha value is -2.76. The molecule has 3 aromatic carbocycles. The average Bonchev–Trinajstić information content (AvgIpc) is 2.71. The zero-order valence-corrected chi connectivity index (χ0v) is 17.4. The Morgan fingerprint density at radius 3 is 2.17 bits per heavy atom. The second kappa shape index (κ2) is 10.1. The lowest BCUT2D eigenvalue weighted by atomic mass is 10.0. The van der Waals surface area contributed by atoms with Crippen LogP contribution in [-0.2, 0) is 9.59 Å². The molecule has 0 spiro atoms. The Morgan fingerprint density at radius 2 is 1.55 bits per heavy atom. The summed E-state index contributed by atoms with van der Waals surface area (Å²) in [5.41, 5.74) is 2.82. The van der Waals surface area contributed by atoms with Crippen LogP contribution in [0.4, 0.5) is 5.69 Å². The molecule has 0 radical (unpaired) electrons. The van der Waals surface area contributed by atoms with Crippen LogP contribution in [0.5, 0.6) is 5.75 Å². The van der Waals surface area contributed by atoms with Gasteiger partial charge in [0.25, 0.3) is 0 Å². The molecule has 0 saturated carbocycles. The van der Waals surface area contributed by atoms with Gasteiger partial charge < -0.3 is 10.1 Å². The Kier molecular flexibility index (Phi) is 7.33. The maximum atomic E-state index is 12.4. The number of carbonyl (C=O) groups excluding carboxylic acids is 2. The molecule has 1 atom stereocenters. The Balaban J connectivity index is 1.65. The fraction of sp³-hybridized carbons (Fsp3) is 0.130. The van der Waals surface area contributed by atoms with E-state index in [1.807, 2.05) is 54.6 Å². The maximum absolute atomic E-state index is 12.4. The second-order valence-corrected chi connectivity index (χ2v) is 7.86. The number of halogens is 1. The smallest absolute Gasteiger partial charge is 0.321 e. The lowest BCUT2D eigenvalue weighted by Crippen LogP contribution is -2.12. The van der Waals surface area contributed by atoms with E-state index < -0.39 is 0 Å². The van der Waals surface area contributed by atoms with Crippen LogP contribution in [0.2, 0.25) is 5.02 Å². The number of anilines is 1. The van der Waals surface area contributed by atoms with E-state index in [0.717, 1.165) is 11.1 Å². The number of hydrogen-bond donors (Lipinski definition) is 1. The van der Waals surface area contributed by atoms with Crippen LogP contribution in [0, 0.1) is 0 Å². The monoisotopic (exact) mass is 425 g/mol. The highest BCUT2D eigenvalue weighted by Gasteiger charge is 2.17. The summed E-state index contributed by atoms with van der Waals surface area (Å²) in [5.74, 6) is 0.139. The normalized spacial score (nSPS) is 11.5. The third-order valence-electron chi connectivity index (χ3n) is 4.05. The first-order valence-electron chi connectivity index (χ1n) is 9.01. The van der Waals surface area contributed by atoms with Crippen molar-refractivity contribution < 1.29 is 14.3 Å². The summed E-state index contributed by atoms with van der Waals surface area (Å²) in [6.45, 7) is 1.44. The van der Waals surface area contributed by atoms with E-state index in [2.05, 4.69) is 5.32 Å². The van der Waals surface area contributed by atoms with Crippen molar-refractivity contribution in [2.24, 2.45) is 0 Å². The van der Waals surface area contributed by atoms with Gasteiger partial charge in [0.2, 0.25) is 5.91 Å². The first kappa shape index (κ1) is 21.0. The van der Waals surface area contributed by atoms with Gasteiger partial charge in [0, 0.05) is 17.6 Å². The predicted octanol–water partition coefficient (Wildman–Crippen LogP) is 5.73. The molecule has 0 fully saturated rings. The molecule has 4 nitrogen and oxygen atoms in total. The van der Waals surface area contributed by atoms with Crippen molar-refractivity contribution in [2.75, 3.05) is 11.1 Å². The minimum Gasteiger partial charge on any atom is -0.426 e. The molecule has 3 rings (SSSR count). The summed E-state index contributed by atoms with van der Waals surface area (Å²) in [6, 6.07) is 24.3. The van der Waals surface area contributed by atoms with E-state index in [1.165, 1.54) is 18.7 Å². The summed E-state index contributed by atoms with van der Waals surface area (Å²) in [4.78, 5) is 23.4. The second-order valence-electron chi connectivity index (χ2n) is 6.33. The van der Waals surface area contributed by atoms with Crippen LogP contribution in [0.3, 0.4) is 0 Å². The van der Waals surface area contributed by atoms with E-state index in [-0.39, 0.29) is 22.9 Å². The van der Waals surface area contributed by atoms with Gasteiger partial charge in [-0.05, 0) is 47.5 Å². The molecule has 1 amide bonds. The third kappa shape index (κ3) is 6.38. The zero-order chi connectivity index (χ0) is 20.6. The molecular weight excluding hydrogens is 406 g/mol. The standard InChI is InChI=1S/C23H20ClNO3S/c1-16(26)25-20-11-13-21(14-12-20)28-22(27)15-29-23(17-5-3-2-4-6-17)18-7-9-19(24)10-8-18/h2-14,23H,15H2,1H3,(H,25,26). The molecule has 148 valence electrons. The van der Waals surface area contributed by atoms with Gasteiger partial charge in [-0.1, -0.05) is 54.1 Å². The van der Waals surface area contributed by atoms with Gasteiger partial charge in [-0.2, -0.15) is 0 Å². The van der Waals surface area contributed by atoms with Gasteiger partial charge in [0.15, 0.2) is 0 Å². The minimum absolute atomic E-state index is 0.0110. The van der Waals surface area contributed by atoms with Crippen LogP contribution < -0.4 is 10.1 Å². The Bertz CT molecular complexity index is 960. The molecular formula is C23H20ClNO3S. The topological polar surface area (TPSA) is 55.4 Å². The number of hydrogen-bond acceptors (Lipinski definition) is 4. The van der Waals surface area contributed by atoms with Crippen molar-refractivity contribution >= 4 is 40.9 Å². The SMILES string of the molecule is CC(=O)Nc1ccc(OC(=O)CSC(c2ccccc2)c2ccc(Cl)cc2)cc1. The van der Waals surface area contributed by atoms with Gasteiger partial charge >= 0.3 is 5.97 Å². The fourth-order valence-electron chi connectivity index (χ4n) is 2.77. The van der Waals surface area contributed by atoms with Crippen molar-refractivity contribution in [3.05, 3.63) is 95.0 Å². The Labute approximate surface area is 179 Å². The van der Waals surface area contributed by atoms with Gasteiger partial charge in [0.1, 0.15) is 5.75 Å². The Morgan fingerprint density at radius 1 is 0.931 bits per heavy atom. The molecule has 1 unspecified atom stereocenters. The number of carbonyl (C=O) groups is 2. The van der Waals surface area contributed by atoms with Crippen LogP contribution >= 0.6 is 23.4 Å². The summed E-state index contributed by atoms with van der Waals surface area (Å²) < 4.78 is 5.42.